The molecule has 4 heteroatoms. The Bertz CT molecular complexity index is 478. The fourth-order valence-corrected chi connectivity index (χ4v) is 2.71. The third-order valence-electron chi connectivity index (χ3n) is 1.87. The number of carbonyl (C=O) groups is 1. The van der Waals surface area contributed by atoms with Crippen molar-refractivity contribution in [1.29, 1.82) is 0 Å². The molecule has 66 valence electrons. The van der Waals surface area contributed by atoms with Crippen molar-refractivity contribution in [3.63, 3.8) is 0 Å². The number of rotatable bonds is 1. The van der Waals surface area contributed by atoms with E-state index in [-0.39, 0.29) is 0 Å². The van der Waals surface area contributed by atoms with Gasteiger partial charge in [0.15, 0.2) is 6.29 Å². The summed E-state index contributed by atoms with van der Waals surface area (Å²) in [5.41, 5.74) is 7.17. The molecule has 1 heterocycles. The molecule has 0 aliphatic rings. The van der Waals surface area contributed by atoms with Crippen LogP contribution in [0.5, 0.6) is 0 Å². The molecule has 1 aromatic carbocycles. The van der Waals surface area contributed by atoms with Gasteiger partial charge in [0.25, 0.3) is 0 Å². The van der Waals surface area contributed by atoms with Crippen molar-refractivity contribution in [2.24, 2.45) is 0 Å². The van der Waals surface area contributed by atoms with Crippen LogP contribution in [0.15, 0.2) is 17.5 Å². The number of halogens is 1. The predicted molar refractivity (Wildman–Crippen MR) is 64.3 cm³/mol. The average Bonchev–Trinajstić information content (AvgIpc) is 2.49. The molecule has 0 radical (unpaired) electrons. The first-order chi connectivity index (χ1) is 6.24. The summed E-state index contributed by atoms with van der Waals surface area (Å²) in [4.78, 5) is 10.8. The lowest BCUT2D eigenvalue weighted by atomic mass is 10.1. The fraction of sp³-hybridized carbons (Fsp3) is 0. The molecule has 0 amide bonds. The maximum absolute atomic E-state index is 10.8. The molecule has 2 aromatic rings. The normalized spacial score (nSPS) is 10.5. The van der Waals surface area contributed by atoms with E-state index in [0.29, 0.717) is 11.3 Å². The molecule has 0 bridgehead atoms. The number of nitrogen functional groups attached to an aromatic ring is 1. The molecule has 0 atom stereocenters. The highest BCUT2D eigenvalue weighted by molar-refractivity contribution is 14.1. The number of hydrogen-bond donors (Lipinski definition) is 1. The van der Waals surface area contributed by atoms with Gasteiger partial charge in [-0.1, -0.05) is 0 Å². The summed E-state index contributed by atoms with van der Waals surface area (Å²) in [7, 11) is 0. The largest absolute Gasteiger partial charge is 0.398 e. The molecule has 13 heavy (non-hydrogen) atoms. The molecule has 0 spiro atoms. The van der Waals surface area contributed by atoms with Gasteiger partial charge >= 0.3 is 0 Å². The topological polar surface area (TPSA) is 43.1 Å². The van der Waals surface area contributed by atoms with Crippen molar-refractivity contribution in [3.05, 3.63) is 26.6 Å². The molecule has 0 saturated carbocycles. The van der Waals surface area contributed by atoms with Crippen molar-refractivity contribution in [2.75, 3.05) is 5.73 Å². The lowest BCUT2D eigenvalue weighted by molar-refractivity contribution is 0.112. The van der Waals surface area contributed by atoms with E-state index in [2.05, 4.69) is 22.6 Å². The van der Waals surface area contributed by atoms with Crippen molar-refractivity contribution < 1.29 is 4.79 Å². The number of hydrogen-bond acceptors (Lipinski definition) is 3. The molecule has 2 N–H and O–H groups in total. The first kappa shape index (κ1) is 8.96. The van der Waals surface area contributed by atoms with Gasteiger partial charge in [0.2, 0.25) is 0 Å². The van der Waals surface area contributed by atoms with Crippen LogP contribution in [0.25, 0.3) is 10.1 Å². The first-order valence-electron chi connectivity index (χ1n) is 3.64. The highest BCUT2D eigenvalue weighted by Crippen LogP contribution is 2.32. The Morgan fingerprint density at radius 1 is 1.46 bits per heavy atom. The van der Waals surface area contributed by atoms with E-state index in [4.69, 9.17) is 5.73 Å². The number of aldehydes is 1. The molecule has 1 aromatic heterocycles. The van der Waals surface area contributed by atoms with Crippen LogP contribution in [0.4, 0.5) is 5.69 Å². The SMILES string of the molecule is Nc1csc2ccc(I)c(C=O)c12. The van der Waals surface area contributed by atoms with E-state index in [0.717, 1.165) is 19.9 Å². The molecule has 0 fully saturated rings. The number of anilines is 1. The van der Waals surface area contributed by atoms with Gasteiger partial charge in [-0.2, -0.15) is 0 Å². The highest BCUT2D eigenvalue weighted by atomic mass is 127. The summed E-state index contributed by atoms with van der Waals surface area (Å²) in [6, 6.07) is 3.92. The maximum Gasteiger partial charge on any atom is 0.151 e. The number of benzene rings is 1. The van der Waals surface area contributed by atoms with Crippen LogP contribution >= 0.6 is 33.9 Å². The van der Waals surface area contributed by atoms with Gasteiger partial charge in [-0.15, -0.1) is 11.3 Å². The van der Waals surface area contributed by atoms with Gasteiger partial charge in [0.05, 0.1) is 5.69 Å². The third-order valence-corrected chi connectivity index (χ3v) is 3.78. The van der Waals surface area contributed by atoms with Crippen LogP contribution in [0.2, 0.25) is 0 Å². The predicted octanol–water partition coefficient (Wildman–Crippen LogP) is 2.90. The minimum Gasteiger partial charge on any atom is -0.398 e. The van der Waals surface area contributed by atoms with Crippen molar-refractivity contribution >= 4 is 56.0 Å². The molecule has 2 nitrogen and oxygen atoms in total. The number of thiophene rings is 1. The van der Waals surface area contributed by atoms with E-state index in [1.165, 1.54) is 0 Å². The molecular weight excluding hydrogens is 297 g/mol. The Balaban J connectivity index is 2.96. The van der Waals surface area contributed by atoms with Crippen molar-refractivity contribution in [1.82, 2.24) is 0 Å². The molecular formula is C9H6INOS. The Labute approximate surface area is 92.9 Å². The Hall–Kier alpha value is -0.620. The molecule has 0 unspecified atom stereocenters. The fourth-order valence-electron chi connectivity index (χ4n) is 1.27. The first-order valence-corrected chi connectivity index (χ1v) is 5.60. The summed E-state index contributed by atoms with van der Waals surface area (Å²) < 4.78 is 2.02. The molecule has 0 saturated heterocycles. The monoisotopic (exact) mass is 303 g/mol. The zero-order valence-electron chi connectivity index (χ0n) is 6.58. The van der Waals surface area contributed by atoms with Crippen LogP contribution in [0, 0.1) is 3.57 Å². The van der Waals surface area contributed by atoms with E-state index in [1.54, 1.807) is 11.3 Å². The van der Waals surface area contributed by atoms with E-state index < -0.39 is 0 Å². The van der Waals surface area contributed by atoms with E-state index in [1.807, 2.05) is 17.5 Å². The van der Waals surface area contributed by atoms with Gasteiger partial charge in [-0.05, 0) is 34.7 Å². The summed E-state index contributed by atoms with van der Waals surface area (Å²) in [5, 5.41) is 2.76. The lowest BCUT2D eigenvalue weighted by Crippen LogP contribution is -1.89. The van der Waals surface area contributed by atoms with Crippen LogP contribution < -0.4 is 5.73 Å². The standard InChI is InChI=1S/C9H6INOS/c10-6-1-2-8-9(5(6)3-12)7(11)4-13-8/h1-4H,11H2. The second kappa shape index (κ2) is 3.26. The number of fused-ring (bicyclic) bond motifs is 1. The highest BCUT2D eigenvalue weighted by Gasteiger charge is 2.08. The average molecular weight is 303 g/mol. The van der Waals surface area contributed by atoms with Gasteiger partial charge in [-0.25, -0.2) is 0 Å². The Kier molecular flexibility index (Phi) is 2.25. The molecule has 2 rings (SSSR count). The number of nitrogens with two attached hydrogens (primary N) is 1. The van der Waals surface area contributed by atoms with Crippen molar-refractivity contribution in [3.8, 4) is 0 Å². The van der Waals surface area contributed by atoms with Crippen LogP contribution in [-0.2, 0) is 0 Å². The van der Waals surface area contributed by atoms with E-state index >= 15 is 0 Å². The second-order valence-electron chi connectivity index (χ2n) is 2.64. The smallest absolute Gasteiger partial charge is 0.151 e. The summed E-state index contributed by atoms with van der Waals surface area (Å²) >= 11 is 3.71. The third kappa shape index (κ3) is 1.34. The minimum absolute atomic E-state index is 0.695. The molecule has 0 aliphatic carbocycles. The van der Waals surface area contributed by atoms with Crippen LogP contribution in [-0.4, -0.2) is 6.29 Å². The lowest BCUT2D eigenvalue weighted by Gasteiger charge is -1.99. The van der Waals surface area contributed by atoms with Crippen LogP contribution in [0.3, 0.4) is 0 Å². The number of carbonyl (C=O) groups excluding carboxylic acids is 1. The van der Waals surface area contributed by atoms with Gasteiger partial charge < -0.3 is 5.73 Å². The summed E-state index contributed by atoms with van der Waals surface area (Å²) in [5.74, 6) is 0. The second-order valence-corrected chi connectivity index (χ2v) is 4.72. The minimum atomic E-state index is 0.695. The maximum atomic E-state index is 10.8. The molecule has 0 aliphatic heterocycles. The quantitative estimate of drug-likeness (QED) is 0.650. The van der Waals surface area contributed by atoms with Crippen molar-refractivity contribution in [2.45, 2.75) is 0 Å². The van der Waals surface area contributed by atoms with Gasteiger partial charge in [-0.3, -0.25) is 4.79 Å². The Morgan fingerprint density at radius 3 is 2.92 bits per heavy atom. The summed E-state index contributed by atoms with van der Waals surface area (Å²) in [6.07, 6.45) is 0.868. The van der Waals surface area contributed by atoms with E-state index in [9.17, 15) is 4.79 Å². The zero-order chi connectivity index (χ0) is 9.42. The zero-order valence-corrected chi connectivity index (χ0v) is 9.56. The van der Waals surface area contributed by atoms with Crippen LogP contribution in [0.1, 0.15) is 10.4 Å². The van der Waals surface area contributed by atoms with Gasteiger partial charge in [0, 0.05) is 24.6 Å². The van der Waals surface area contributed by atoms with Gasteiger partial charge in [0.1, 0.15) is 0 Å². The summed E-state index contributed by atoms with van der Waals surface area (Å²) in [6.45, 7) is 0. The Morgan fingerprint density at radius 2 is 2.23 bits per heavy atom.